The van der Waals surface area contributed by atoms with Gasteiger partial charge in [0.1, 0.15) is 12.4 Å². The van der Waals surface area contributed by atoms with E-state index in [0.29, 0.717) is 10.8 Å². The number of hydrogen-bond donors (Lipinski definition) is 2. The predicted octanol–water partition coefficient (Wildman–Crippen LogP) is 2.03. The highest BCUT2D eigenvalue weighted by atomic mass is 35.5. The average Bonchev–Trinajstić information content (AvgIpc) is 2.85. The largest absolute Gasteiger partial charge is 0.493 e. The van der Waals surface area contributed by atoms with Crippen LogP contribution in [-0.2, 0) is 4.79 Å². The molecule has 0 aliphatic carbocycles. The van der Waals surface area contributed by atoms with Crippen molar-refractivity contribution in [3.63, 3.8) is 0 Å². The Bertz CT molecular complexity index is 401. The molecule has 1 aromatic carbocycles. The maximum Gasteiger partial charge on any atom is 0.310 e. The summed E-state index contributed by atoms with van der Waals surface area (Å²) in [5, 5.41) is 13.0. The zero-order chi connectivity index (χ0) is 13.0. The van der Waals surface area contributed by atoms with Gasteiger partial charge < -0.3 is 15.2 Å². The van der Waals surface area contributed by atoms with Crippen LogP contribution in [0.25, 0.3) is 0 Å². The Morgan fingerprint density at radius 3 is 2.78 bits per heavy atom. The number of rotatable bonds is 5. The van der Waals surface area contributed by atoms with E-state index in [-0.39, 0.29) is 12.5 Å². The minimum Gasteiger partial charge on any atom is -0.493 e. The van der Waals surface area contributed by atoms with Crippen LogP contribution in [0.4, 0.5) is 0 Å². The number of carbonyl (C=O) groups is 1. The van der Waals surface area contributed by atoms with Crippen LogP contribution in [0.2, 0.25) is 5.02 Å². The summed E-state index contributed by atoms with van der Waals surface area (Å²) in [6, 6.07) is 6.94. The minimum absolute atomic E-state index is 0.148. The summed E-state index contributed by atoms with van der Waals surface area (Å²) in [6.45, 7) is 1.83. The van der Waals surface area contributed by atoms with E-state index >= 15 is 0 Å². The summed E-state index contributed by atoms with van der Waals surface area (Å²) in [5.41, 5.74) is 0. The number of carboxylic acid groups (broad SMARTS) is 1. The fraction of sp³-hybridized carbons (Fsp3) is 0.462. The number of ether oxygens (including phenoxy) is 1. The molecule has 1 aromatic rings. The Morgan fingerprint density at radius 2 is 2.22 bits per heavy atom. The molecule has 1 fully saturated rings. The van der Waals surface area contributed by atoms with Gasteiger partial charge in [-0.15, -0.1) is 0 Å². The molecule has 2 N–H and O–H groups in total. The van der Waals surface area contributed by atoms with Crippen molar-refractivity contribution in [2.24, 2.45) is 11.8 Å². The Balaban J connectivity index is 1.93. The summed E-state index contributed by atoms with van der Waals surface area (Å²) < 4.78 is 5.53. The van der Waals surface area contributed by atoms with E-state index in [1.807, 2.05) is 0 Å². The molecular weight excluding hydrogens is 254 g/mol. The van der Waals surface area contributed by atoms with E-state index in [4.69, 9.17) is 16.3 Å². The second-order valence-electron chi connectivity index (χ2n) is 4.46. The van der Waals surface area contributed by atoms with Crippen LogP contribution in [-0.4, -0.2) is 30.8 Å². The van der Waals surface area contributed by atoms with E-state index < -0.39 is 11.9 Å². The normalized spacial score (nSPS) is 20.6. The lowest BCUT2D eigenvalue weighted by Crippen LogP contribution is -2.30. The quantitative estimate of drug-likeness (QED) is 0.859. The molecule has 0 radical (unpaired) electrons. The monoisotopic (exact) mass is 269 g/mol. The van der Waals surface area contributed by atoms with Gasteiger partial charge in [0.2, 0.25) is 0 Å². The SMILES string of the molecule is O=C(O)C(COc1ccc(Cl)cc1)C1CCNC1. The standard InChI is InChI=1S/C13H16ClNO3/c14-10-1-3-11(4-2-10)18-8-12(13(16)17)9-5-6-15-7-9/h1-4,9,12,15H,5-8H2,(H,16,17). The number of hydrogen-bond acceptors (Lipinski definition) is 3. The molecule has 2 rings (SSSR count). The third-order valence-corrected chi connectivity index (χ3v) is 3.48. The van der Waals surface area contributed by atoms with E-state index in [1.165, 1.54) is 0 Å². The second kappa shape index (κ2) is 6.07. The fourth-order valence-corrected chi connectivity index (χ4v) is 2.27. The van der Waals surface area contributed by atoms with Gasteiger partial charge in [0, 0.05) is 5.02 Å². The van der Waals surface area contributed by atoms with E-state index in [9.17, 15) is 9.90 Å². The van der Waals surface area contributed by atoms with Crippen LogP contribution in [0.3, 0.4) is 0 Å². The molecule has 4 nitrogen and oxygen atoms in total. The van der Waals surface area contributed by atoms with E-state index in [2.05, 4.69) is 5.32 Å². The number of carboxylic acids is 1. The van der Waals surface area contributed by atoms with Gasteiger partial charge in [-0.25, -0.2) is 0 Å². The van der Waals surface area contributed by atoms with Gasteiger partial charge in [-0.2, -0.15) is 0 Å². The molecule has 0 spiro atoms. The first kappa shape index (κ1) is 13.2. The second-order valence-corrected chi connectivity index (χ2v) is 4.90. The van der Waals surface area contributed by atoms with Crippen molar-refractivity contribution in [2.75, 3.05) is 19.7 Å². The van der Waals surface area contributed by atoms with Crippen LogP contribution < -0.4 is 10.1 Å². The molecule has 5 heteroatoms. The highest BCUT2D eigenvalue weighted by Gasteiger charge is 2.31. The molecule has 2 unspecified atom stereocenters. The lowest BCUT2D eigenvalue weighted by Gasteiger charge is -2.19. The highest BCUT2D eigenvalue weighted by molar-refractivity contribution is 6.30. The molecule has 0 saturated carbocycles. The minimum atomic E-state index is -0.794. The van der Waals surface area contributed by atoms with E-state index in [1.54, 1.807) is 24.3 Å². The average molecular weight is 270 g/mol. The van der Waals surface area contributed by atoms with Crippen LogP contribution in [0.1, 0.15) is 6.42 Å². The summed E-state index contributed by atoms with van der Waals surface area (Å²) in [7, 11) is 0. The Morgan fingerprint density at radius 1 is 1.50 bits per heavy atom. The fourth-order valence-electron chi connectivity index (χ4n) is 2.15. The van der Waals surface area contributed by atoms with Crippen LogP contribution in [0.5, 0.6) is 5.75 Å². The third kappa shape index (κ3) is 3.37. The number of benzene rings is 1. The Hall–Kier alpha value is -1.26. The lowest BCUT2D eigenvalue weighted by atomic mass is 9.92. The molecule has 0 aromatic heterocycles. The van der Waals surface area contributed by atoms with Crippen LogP contribution in [0, 0.1) is 11.8 Å². The van der Waals surface area contributed by atoms with Crippen molar-refractivity contribution in [3.05, 3.63) is 29.3 Å². The zero-order valence-corrected chi connectivity index (χ0v) is 10.7. The molecule has 0 amide bonds. The van der Waals surface area contributed by atoms with Gasteiger partial charge >= 0.3 is 5.97 Å². The molecule has 0 bridgehead atoms. The summed E-state index contributed by atoms with van der Waals surface area (Å²) >= 11 is 5.77. The van der Waals surface area contributed by atoms with Gasteiger partial charge in [-0.05, 0) is 49.7 Å². The van der Waals surface area contributed by atoms with Gasteiger partial charge in [0.25, 0.3) is 0 Å². The van der Waals surface area contributed by atoms with Gasteiger partial charge in [-0.3, -0.25) is 4.79 Å². The van der Waals surface area contributed by atoms with Crippen LogP contribution in [0.15, 0.2) is 24.3 Å². The van der Waals surface area contributed by atoms with Crippen molar-refractivity contribution in [1.29, 1.82) is 0 Å². The van der Waals surface area contributed by atoms with Crippen molar-refractivity contribution >= 4 is 17.6 Å². The highest BCUT2D eigenvalue weighted by Crippen LogP contribution is 2.22. The van der Waals surface area contributed by atoms with Gasteiger partial charge in [0.05, 0.1) is 5.92 Å². The first-order chi connectivity index (χ1) is 8.66. The topological polar surface area (TPSA) is 58.6 Å². The number of halogens is 1. The van der Waals surface area contributed by atoms with Crippen molar-refractivity contribution in [1.82, 2.24) is 5.32 Å². The van der Waals surface area contributed by atoms with Gasteiger partial charge in [0.15, 0.2) is 0 Å². The first-order valence-corrected chi connectivity index (χ1v) is 6.36. The maximum atomic E-state index is 11.2. The molecule has 18 heavy (non-hydrogen) atoms. The number of nitrogens with one attached hydrogen (secondary N) is 1. The van der Waals surface area contributed by atoms with Crippen LogP contribution >= 0.6 is 11.6 Å². The molecule has 1 heterocycles. The summed E-state index contributed by atoms with van der Waals surface area (Å²) in [6.07, 6.45) is 0.890. The Kier molecular flexibility index (Phi) is 4.44. The maximum absolute atomic E-state index is 11.2. The van der Waals surface area contributed by atoms with E-state index in [0.717, 1.165) is 19.5 Å². The van der Waals surface area contributed by atoms with Gasteiger partial charge in [-0.1, -0.05) is 11.6 Å². The molecule has 1 aliphatic heterocycles. The molecule has 1 saturated heterocycles. The summed E-state index contributed by atoms with van der Waals surface area (Å²) in [5.74, 6) is -0.459. The Labute approximate surface area is 111 Å². The molecule has 2 atom stereocenters. The lowest BCUT2D eigenvalue weighted by molar-refractivity contribution is -0.144. The predicted molar refractivity (Wildman–Crippen MR) is 69.0 cm³/mol. The van der Waals surface area contributed by atoms with Crippen molar-refractivity contribution in [3.8, 4) is 5.75 Å². The smallest absolute Gasteiger partial charge is 0.310 e. The molecule has 98 valence electrons. The summed E-state index contributed by atoms with van der Waals surface area (Å²) in [4.78, 5) is 11.2. The molecular formula is C13H16ClNO3. The molecule has 1 aliphatic rings. The number of aliphatic carboxylic acids is 1. The third-order valence-electron chi connectivity index (χ3n) is 3.23. The zero-order valence-electron chi connectivity index (χ0n) is 9.93. The van der Waals surface area contributed by atoms with Crippen molar-refractivity contribution in [2.45, 2.75) is 6.42 Å². The van der Waals surface area contributed by atoms with Crippen molar-refractivity contribution < 1.29 is 14.6 Å². The first-order valence-electron chi connectivity index (χ1n) is 5.98.